The third kappa shape index (κ3) is 3.21. The molecule has 0 aromatic heterocycles. The predicted octanol–water partition coefficient (Wildman–Crippen LogP) is -1.80. The monoisotopic (exact) mass is 187 g/mol. The Hall–Kier alpha value is -0.200. The van der Waals surface area contributed by atoms with Crippen molar-refractivity contribution in [2.24, 2.45) is 17.2 Å². The number of rotatable bonds is 3. The quantitative estimate of drug-likeness (QED) is 0.391. The molecule has 0 aliphatic carbocycles. The molecular weight excluding hydrogens is 166 g/mol. The van der Waals surface area contributed by atoms with Crippen LogP contribution in [0.5, 0.6) is 0 Å². The van der Waals surface area contributed by atoms with Gasteiger partial charge in [-0.2, -0.15) is 0 Å². The molecule has 0 spiro atoms. The minimum atomic E-state index is -0.740. The fourth-order valence-corrected chi connectivity index (χ4v) is 1.73. The van der Waals surface area contributed by atoms with E-state index in [0.29, 0.717) is 6.42 Å². The second-order valence-electron chi connectivity index (χ2n) is 3.91. The van der Waals surface area contributed by atoms with Gasteiger partial charge >= 0.3 is 0 Å². The van der Waals surface area contributed by atoms with Gasteiger partial charge in [-0.15, -0.1) is 0 Å². The minimum Gasteiger partial charge on any atom is -0.328 e. The summed E-state index contributed by atoms with van der Waals surface area (Å²) in [5.74, 6) is -0.740. The van der Waals surface area contributed by atoms with E-state index in [1.165, 1.54) is 0 Å². The van der Waals surface area contributed by atoms with Gasteiger partial charge in [0, 0.05) is 38.6 Å². The van der Waals surface area contributed by atoms with Crippen molar-refractivity contribution in [1.29, 1.82) is 0 Å². The second kappa shape index (κ2) is 4.34. The smallest absolute Gasteiger partial charge is 0.122 e. The highest BCUT2D eigenvalue weighted by Gasteiger charge is 2.29. The van der Waals surface area contributed by atoms with E-state index in [0.717, 1.165) is 26.2 Å². The largest absolute Gasteiger partial charge is 0.328 e. The van der Waals surface area contributed by atoms with Crippen LogP contribution in [0, 0.1) is 0 Å². The first-order valence-electron chi connectivity index (χ1n) is 4.81. The molecule has 1 unspecified atom stereocenters. The summed E-state index contributed by atoms with van der Waals surface area (Å²) in [7, 11) is 0. The lowest BCUT2D eigenvalue weighted by atomic mass is 10.1. The summed E-state index contributed by atoms with van der Waals surface area (Å²) in [6, 6.07) is 0.0462. The van der Waals surface area contributed by atoms with Crippen molar-refractivity contribution in [3.8, 4) is 0 Å². The summed E-state index contributed by atoms with van der Waals surface area (Å²) < 4.78 is 0. The van der Waals surface area contributed by atoms with Crippen LogP contribution in [0.15, 0.2) is 0 Å². The zero-order valence-electron chi connectivity index (χ0n) is 8.29. The maximum atomic E-state index is 5.99. The number of nitrogens with zero attached hydrogens (tertiary/aromatic N) is 1. The molecule has 1 fully saturated rings. The normalized spacial score (nSPS) is 23.1. The maximum absolute atomic E-state index is 5.99. The lowest BCUT2D eigenvalue weighted by Crippen LogP contribution is -2.68. The molecule has 0 radical (unpaired) electrons. The van der Waals surface area contributed by atoms with E-state index in [2.05, 4.69) is 10.2 Å². The van der Waals surface area contributed by atoms with Crippen molar-refractivity contribution >= 4 is 0 Å². The van der Waals surface area contributed by atoms with E-state index in [9.17, 15) is 0 Å². The van der Waals surface area contributed by atoms with Crippen molar-refractivity contribution in [2.75, 3.05) is 26.2 Å². The van der Waals surface area contributed by atoms with Gasteiger partial charge in [0.15, 0.2) is 0 Å². The SMILES string of the molecule is CC(N)CC(N)(N)N1CCNCC1. The molecule has 1 atom stereocenters. The van der Waals surface area contributed by atoms with Gasteiger partial charge in [0.25, 0.3) is 0 Å². The Morgan fingerprint density at radius 1 is 1.38 bits per heavy atom. The van der Waals surface area contributed by atoms with Crippen LogP contribution < -0.4 is 22.5 Å². The van der Waals surface area contributed by atoms with Crippen molar-refractivity contribution in [3.63, 3.8) is 0 Å². The molecular formula is C8H21N5. The van der Waals surface area contributed by atoms with Gasteiger partial charge < -0.3 is 22.5 Å². The lowest BCUT2D eigenvalue weighted by Gasteiger charge is -2.41. The van der Waals surface area contributed by atoms with Crippen LogP contribution in [0.1, 0.15) is 13.3 Å². The molecule has 1 heterocycles. The summed E-state index contributed by atoms with van der Waals surface area (Å²) in [6.45, 7) is 5.64. The van der Waals surface area contributed by atoms with Crippen LogP contribution in [0.3, 0.4) is 0 Å². The van der Waals surface area contributed by atoms with E-state index in [1.54, 1.807) is 0 Å². The molecule has 1 aliphatic heterocycles. The average molecular weight is 187 g/mol. The molecule has 0 aromatic carbocycles. The van der Waals surface area contributed by atoms with E-state index < -0.39 is 5.79 Å². The van der Waals surface area contributed by atoms with Crippen molar-refractivity contribution in [1.82, 2.24) is 10.2 Å². The van der Waals surface area contributed by atoms with Gasteiger partial charge in [-0.05, 0) is 6.92 Å². The number of hydrogen-bond donors (Lipinski definition) is 4. The summed E-state index contributed by atoms with van der Waals surface area (Å²) in [4.78, 5) is 2.09. The zero-order chi connectivity index (χ0) is 9.90. The molecule has 0 aromatic rings. The first kappa shape index (κ1) is 10.9. The van der Waals surface area contributed by atoms with Crippen LogP contribution in [0.2, 0.25) is 0 Å². The molecule has 1 saturated heterocycles. The van der Waals surface area contributed by atoms with E-state index in [-0.39, 0.29) is 6.04 Å². The fraction of sp³-hybridized carbons (Fsp3) is 1.00. The Balaban J connectivity index is 2.45. The number of hydrogen-bond acceptors (Lipinski definition) is 5. The average Bonchev–Trinajstić information content (AvgIpc) is 2.04. The van der Waals surface area contributed by atoms with E-state index in [4.69, 9.17) is 17.2 Å². The number of piperazine rings is 1. The Labute approximate surface area is 79.6 Å². The third-order valence-corrected chi connectivity index (χ3v) is 2.35. The Bertz CT molecular complexity index is 151. The fourth-order valence-electron chi connectivity index (χ4n) is 1.73. The van der Waals surface area contributed by atoms with Gasteiger partial charge in [0.05, 0.1) is 0 Å². The Morgan fingerprint density at radius 2 is 1.92 bits per heavy atom. The first-order chi connectivity index (χ1) is 6.02. The molecule has 5 nitrogen and oxygen atoms in total. The Morgan fingerprint density at radius 3 is 2.38 bits per heavy atom. The zero-order valence-corrected chi connectivity index (χ0v) is 8.29. The minimum absolute atomic E-state index is 0.0462. The maximum Gasteiger partial charge on any atom is 0.122 e. The van der Waals surface area contributed by atoms with Gasteiger partial charge in [0.2, 0.25) is 0 Å². The molecule has 5 heteroatoms. The summed E-state index contributed by atoms with van der Waals surface area (Å²) >= 11 is 0. The molecule has 7 N–H and O–H groups in total. The van der Waals surface area contributed by atoms with E-state index in [1.807, 2.05) is 6.92 Å². The molecule has 0 amide bonds. The van der Waals surface area contributed by atoms with Crippen molar-refractivity contribution in [2.45, 2.75) is 25.2 Å². The summed E-state index contributed by atoms with van der Waals surface area (Å²) in [5, 5.41) is 3.26. The molecule has 1 aliphatic rings. The van der Waals surface area contributed by atoms with Gasteiger partial charge in [-0.1, -0.05) is 0 Å². The van der Waals surface area contributed by atoms with Crippen LogP contribution in [0.4, 0.5) is 0 Å². The van der Waals surface area contributed by atoms with Crippen LogP contribution in [-0.2, 0) is 0 Å². The third-order valence-electron chi connectivity index (χ3n) is 2.35. The molecule has 13 heavy (non-hydrogen) atoms. The predicted molar refractivity (Wildman–Crippen MR) is 53.8 cm³/mol. The molecule has 1 rings (SSSR count). The molecule has 0 bridgehead atoms. The number of nitrogens with one attached hydrogen (secondary N) is 1. The van der Waals surface area contributed by atoms with Crippen molar-refractivity contribution < 1.29 is 0 Å². The van der Waals surface area contributed by atoms with Crippen LogP contribution in [-0.4, -0.2) is 42.9 Å². The van der Waals surface area contributed by atoms with Gasteiger partial charge in [0.1, 0.15) is 5.79 Å². The van der Waals surface area contributed by atoms with Crippen LogP contribution >= 0.6 is 0 Å². The van der Waals surface area contributed by atoms with E-state index >= 15 is 0 Å². The molecule has 78 valence electrons. The second-order valence-corrected chi connectivity index (χ2v) is 3.91. The standard InChI is InChI=1S/C8H21N5/c1-7(9)6-8(10,11)13-4-2-12-3-5-13/h7,12H,2-6,9-11H2,1H3. The lowest BCUT2D eigenvalue weighted by molar-refractivity contribution is 0.0702. The summed E-state index contributed by atoms with van der Waals surface area (Å²) in [5.41, 5.74) is 17.7. The highest BCUT2D eigenvalue weighted by atomic mass is 15.4. The highest BCUT2D eigenvalue weighted by Crippen LogP contribution is 2.09. The van der Waals surface area contributed by atoms with Gasteiger partial charge in [-0.3, -0.25) is 4.90 Å². The molecule has 0 saturated carbocycles. The summed E-state index contributed by atoms with van der Waals surface area (Å²) in [6.07, 6.45) is 0.632. The van der Waals surface area contributed by atoms with Gasteiger partial charge in [-0.25, -0.2) is 0 Å². The number of nitrogens with two attached hydrogens (primary N) is 3. The Kier molecular flexibility index (Phi) is 3.63. The first-order valence-corrected chi connectivity index (χ1v) is 4.81. The van der Waals surface area contributed by atoms with Crippen LogP contribution in [0.25, 0.3) is 0 Å². The van der Waals surface area contributed by atoms with Crippen molar-refractivity contribution in [3.05, 3.63) is 0 Å². The topological polar surface area (TPSA) is 93.3 Å². The highest BCUT2D eigenvalue weighted by molar-refractivity contribution is 4.84.